The molecule has 3 heterocycles. The third kappa shape index (κ3) is 3.66. The average molecular weight is 383 g/mol. The lowest BCUT2D eigenvalue weighted by Gasteiger charge is -2.33. The maximum Gasteiger partial charge on any atom is 0.220 e. The molecule has 0 N–H and O–H groups in total. The smallest absolute Gasteiger partial charge is 0.220 e. The van der Waals surface area contributed by atoms with Gasteiger partial charge >= 0.3 is 0 Å². The van der Waals surface area contributed by atoms with Crippen molar-refractivity contribution in [2.75, 3.05) is 33.4 Å². The molecule has 0 spiro atoms. The number of hydrogen-bond acceptors (Lipinski definition) is 6. The first-order valence-electron chi connectivity index (χ1n) is 8.85. The molecule has 1 saturated heterocycles. The van der Waals surface area contributed by atoms with E-state index in [-0.39, 0.29) is 5.78 Å². The number of morpholine rings is 1. The molecule has 27 heavy (non-hydrogen) atoms. The Morgan fingerprint density at radius 2 is 2.00 bits per heavy atom. The Labute approximate surface area is 162 Å². The summed E-state index contributed by atoms with van der Waals surface area (Å²) in [5.74, 6) is 1.21. The number of carbonyl (C=O) groups excluding carboxylic acids is 1. The number of rotatable bonds is 6. The summed E-state index contributed by atoms with van der Waals surface area (Å²) in [5.41, 5.74) is 0.934. The number of ketones is 1. The maximum atomic E-state index is 13.6. The number of imidazole rings is 1. The molecule has 7 heteroatoms. The molecule has 1 fully saturated rings. The number of Topliss-reactive ketones (excluding diaryl/α,β-unsaturated/α-hetero) is 1. The number of hydrogen-bond donors (Lipinski definition) is 0. The van der Waals surface area contributed by atoms with Gasteiger partial charge in [-0.25, -0.2) is 4.98 Å². The van der Waals surface area contributed by atoms with Crippen molar-refractivity contribution >= 4 is 17.1 Å². The molecule has 1 atom stereocenters. The van der Waals surface area contributed by atoms with Crippen molar-refractivity contribution in [1.29, 1.82) is 0 Å². The second-order valence-corrected chi connectivity index (χ2v) is 7.19. The normalized spacial score (nSPS) is 16.2. The molecule has 6 nitrogen and oxygen atoms in total. The number of methoxy groups -OCH3 is 1. The van der Waals surface area contributed by atoms with E-state index < -0.39 is 6.04 Å². The van der Waals surface area contributed by atoms with E-state index in [2.05, 4.69) is 9.88 Å². The molecule has 1 aliphatic heterocycles. The van der Waals surface area contributed by atoms with Crippen molar-refractivity contribution in [2.24, 2.45) is 0 Å². The van der Waals surface area contributed by atoms with Crippen LogP contribution in [0.15, 0.2) is 54.2 Å². The van der Waals surface area contributed by atoms with E-state index in [0.29, 0.717) is 32.1 Å². The first-order chi connectivity index (χ1) is 13.3. The van der Waals surface area contributed by atoms with Crippen LogP contribution >= 0.6 is 11.3 Å². The molecular weight excluding hydrogens is 362 g/mol. The average Bonchev–Trinajstić information content (AvgIpc) is 3.41. The van der Waals surface area contributed by atoms with Gasteiger partial charge in [0.15, 0.2) is 5.82 Å². The van der Waals surface area contributed by atoms with Crippen molar-refractivity contribution in [1.82, 2.24) is 14.5 Å². The van der Waals surface area contributed by atoms with Gasteiger partial charge in [0.2, 0.25) is 5.78 Å². The van der Waals surface area contributed by atoms with Crippen molar-refractivity contribution in [3.63, 3.8) is 0 Å². The minimum Gasteiger partial charge on any atom is -0.497 e. The third-order valence-electron chi connectivity index (χ3n) is 4.70. The molecule has 0 amide bonds. The number of aromatic nitrogens is 2. The third-order valence-corrected chi connectivity index (χ3v) is 5.56. The van der Waals surface area contributed by atoms with Crippen molar-refractivity contribution in [3.8, 4) is 10.8 Å². The van der Waals surface area contributed by atoms with Gasteiger partial charge in [0, 0.05) is 25.5 Å². The Bertz CT molecular complexity index is 884. The van der Waals surface area contributed by atoms with Crippen LogP contribution in [0.2, 0.25) is 0 Å². The van der Waals surface area contributed by atoms with Gasteiger partial charge in [-0.2, -0.15) is 0 Å². The lowest BCUT2D eigenvalue weighted by atomic mass is 9.99. The summed E-state index contributed by atoms with van der Waals surface area (Å²) in [4.78, 5) is 20.1. The van der Waals surface area contributed by atoms with E-state index in [4.69, 9.17) is 9.47 Å². The Balaban J connectivity index is 1.72. The van der Waals surface area contributed by atoms with Gasteiger partial charge in [0.25, 0.3) is 0 Å². The van der Waals surface area contributed by atoms with Crippen LogP contribution in [0.1, 0.15) is 22.2 Å². The molecular formula is C20H21N3O3S. The van der Waals surface area contributed by atoms with Crippen LogP contribution in [0.3, 0.4) is 0 Å². The highest BCUT2D eigenvalue weighted by molar-refractivity contribution is 7.12. The number of thiophene rings is 1. The van der Waals surface area contributed by atoms with E-state index >= 15 is 0 Å². The molecule has 4 rings (SSSR count). The Morgan fingerprint density at radius 1 is 1.22 bits per heavy atom. The molecule has 3 aromatic rings. The minimum absolute atomic E-state index is 0.0135. The quantitative estimate of drug-likeness (QED) is 0.612. The van der Waals surface area contributed by atoms with Gasteiger partial charge < -0.3 is 9.47 Å². The van der Waals surface area contributed by atoms with Crippen LogP contribution in [-0.4, -0.2) is 53.6 Å². The molecule has 0 radical (unpaired) electrons. The zero-order chi connectivity index (χ0) is 18.6. The van der Waals surface area contributed by atoms with Gasteiger partial charge in [-0.3, -0.25) is 14.3 Å². The minimum atomic E-state index is -0.402. The number of nitrogens with zero attached hydrogens (tertiary/aromatic N) is 3. The Hall–Kier alpha value is -2.48. The molecule has 1 aliphatic rings. The van der Waals surface area contributed by atoms with Crippen LogP contribution < -0.4 is 4.74 Å². The van der Waals surface area contributed by atoms with Gasteiger partial charge in [-0.15, -0.1) is 11.3 Å². The van der Waals surface area contributed by atoms with E-state index in [1.807, 2.05) is 52.5 Å². The van der Waals surface area contributed by atoms with Crippen molar-refractivity contribution in [2.45, 2.75) is 6.04 Å². The summed E-state index contributed by atoms with van der Waals surface area (Å²) < 4.78 is 12.6. The first-order valence-corrected chi connectivity index (χ1v) is 9.73. The molecule has 0 saturated carbocycles. The standard InChI is InChI=1S/C20H21N3O3S/c1-25-16-6-4-15(5-7-16)18(22-10-12-26-13-11-22)19(24)20-21-8-9-23(20)17-3-2-14-27-17/h2-9,14,18H,10-13H2,1H3/t18-/m0/s1. The van der Waals surface area contributed by atoms with Crippen molar-refractivity contribution in [3.05, 3.63) is 65.6 Å². The molecule has 0 bridgehead atoms. The number of ether oxygens (including phenoxy) is 2. The summed E-state index contributed by atoms with van der Waals surface area (Å²) >= 11 is 1.58. The number of benzene rings is 1. The summed E-state index contributed by atoms with van der Waals surface area (Å²) in [5, 5.41) is 2.97. The molecule has 0 aliphatic carbocycles. The fourth-order valence-corrected chi connectivity index (χ4v) is 4.06. The summed E-state index contributed by atoms with van der Waals surface area (Å²) in [7, 11) is 1.64. The van der Waals surface area contributed by atoms with E-state index in [1.165, 1.54) is 0 Å². The molecule has 0 unspecified atom stereocenters. The van der Waals surface area contributed by atoms with Gasteiger partial charge in [-0.05, 0) is 35.2 Å². The monoisotopic (exact) mass is 383 g/mol. The lowest BCUT2D eigenvalue weighted by Crippen LogP contribution is -2.42. The second-order valence-electron chi connectivity index (χ2n) is 6.26. The fourth-order valence-electron chi connectivity index (χ4n) is 3.34. The molecule has 1 aromatic carbocycles. The van der Waals surface area contributed by atoms with Crippen LogP contribution in [0.25, 0.3) is 5.00 Å². The van der Waals surface area contributed by atoms with Gasteiger partial charge in [-0.1, -0.05) is 12.1 Å². The predicted octanol–water partition coefficient (Wildman–Crippen LogP) is 3.20. The highest BCUT2D eigenvalue weighted by Gasteiger charge is 2.32. The largest absolute Gasteiger partial charge is 0.497 e. The predicted molar refractivity (Wildman–Crippen MR) is 104 cm³/mol. The summed E-state index contributed by atoms with van der Waals surface area (Å²) in [6.07, 6.45) is 3.51. The number of carbonyl (C=O) groups is 1. The SMILES string of the molecule is COc1ccc([C@@H](C(=O)c2nccn2-c2cccs2)N2CCOCC2)cc1. The van der Waals surface area contributed by atoms with Crippen molar-refractivity contribution < 1.29 is 14.3 Å². The highest BCUT2D eigenvalue weighted by atomic mass is 32.1. The van der Waals surface area contributed by atoms with Crippen LogP contribution in [0.4, 0.5) is 0 Å². The zero-order valence-electron chi connectivity index (χ0n) is 15.1. The van der Waals surface area contributed by atoms with Gasteiger partial charge in [0.05, 0.1) is 20.3 Å². The Morgan fingerprint density at radius 3 is 2.67 bits per heavy atom. The van der Waals surface area contributed by atoms with Crippen LogP contribution in [0, 0.1) is 0 Å². The molecule has 2 aromatic heterocycles. The highest BCUT2D eigenvalue weighted by Crippen LogP contribution is 2.28. The lowest BCUT2D eigenvalue weighted by molar-refractivity contribution is 0.0168. The second kappa shape index (κ2) is 8.04. The van der Waals surface area contributed by atoms with E-state index in [1.54, 1.807) is 24.6 Å². The molecule has 140 valence electrons. The fraction of sp³-hybridized carbons (Fsp3) is 0.300. The Kier molecular flexibility index (Phi) is 5.33. The van der Waals surface area contributed by atoms with Gasteiger partial charge in [0.1, 0.15) is 16.8 Å². The van der Waals surface area contributed by atoms with E-state index in [9.17, 15) is 4.79 Å². The zero-order valence-corrected chi connectivity index (χ0v) is 15.9. The van der Waals surface area contributed by atoms with Crippen LogP contribution in [-0.2, 0) is 4.74 Å². The maximum absolute atomic E-state index is 13.6. The topological polar surface area (TPSA) is 56.6 Å². The summed E-state index contributed by atoms with van der Waals surface area (Å²) in [6, 6.07) is 11.2. The summed E-state index contributed by atoms with van der Waals surface area (Å²) in [6.45, 7) is 2.67. The van der Waals surface area contributed by atoms with Crippen LogP contribution in [0.5, 0.6) is 5.75 Å². The van der Waals surface area contributed by atoms with E-state index in [0.717, 1.165) is 16.3 Å². The first kappa shape index (κ1) is 17.9.